The van der Waals surface area contributed by atoms with Crippen molar-refractivity contribution in [1.29, 1.82) is 0 Å². The van der Waals surface area contributed by atoms with Crippen molar-refractivity contribution in [3.63, 3.8) is 0 Å². The summed E-state index contributed by atoms with van der Waals surface area (Å²) in [5.41, 5.74) is 1.26. The Morgan fingerprint density at radius 1 is 0.949 bits per heavy atom. The van der Waals surface area contributed by atoms with Gasteiger partial charge in [-0.2, -0.15) is 0 Å². The fraction of sp³-hybridized carbons (Fsp3) is 0.310. The van der Waals surface area contributed by atoms with Crippen molar-refractivity contribution in [2.45, 2.75) is 45.3 Å². The summed E-state index contributed by atoms with van der Waals surface area (Å²) in [6.07, 6.45) is 1.28. The quantitative estimate of drug-likeness (QED) is 0.323. The SMILES string of the molecule is CC(C)(C)NC(=O)[C@H](Cc1ccccc1)N(Cc1ccccc1Cl)C(=O)CN(c1ccccc1Br)S(C)(=O)=O. The molecule has 0 unspecified atom stereocenters. The summed E-state index contributed by atoms with van der Waals surface area (Å²) in [4.78, 5) is 29.2. The molecule has 39 heavy (non-hydrogen) atoms. The van der Waals surface area contributed by atoms with E-state index in [1.807, 2.05) is 51.1 Å². The largest absolute Gasteiger partial charge is 0.350 e. The van der Waals surface area contributed by atoms with Crippen LogP contribution in [0.3, 0.4) is 0 Å². The third kappa shape index (κ3) is 8.81. The maximum atomic E-state index is 14.1. The van der Waals surface area contributed by atoms with Crippen molar-refractivity contribution in [3.05, 3.63) is 99.5 Å². The number of hydrogen-bond donors (Lipinski definition) is 1. The number of carbonyl (C=O) groups excluding carboxylic acids is 2. The summed E-state index contributed by atoms with van der Waals surface area (Å²) in [6, 6.07) is 22.3. The number of rotatable bonds is 10. The number of benzene rings is 3. The lowest BCUT2D eigenvalue weighted by Gasteiger charge is -2.35. The maximum Gasteiger partial charge on any atom is 0.244 e. The molecular formula is C29H33BrClN3O4S. The van der Waals surface area contributed by atoms with Gasteiger partial charge in [0.05, 0.1) is 11.9 Å². The van der Waals surface area contributed by atoms with E-state index in [1.54, 1.807) is 48.5 Å². The Labute approximate surface area is 244 Å². The third-order valence-electron chi connectivity index (χ3n) is 5.87. The predicted octanol–water partition coefficient (Wildman–Crippen LogP) is 5.42. The van der Waals surface area contributed by atoms with Crippen LogP contribution < -0.4 is 9.62 Å². The Morgan fingerprint density at radius 2 is 1.54 bits per heavy atom. The van der Waals surface area contributed by atoms with Crippen LogP contribution >= 0.6 is 27.5 Å². The summed E-state index contributed by atoms with van der Waals surface area (Å²) in [7, 11) is -3.85. The van der Waals surface area contributed by atoms with E-state index in [9.17, 15) is 18.0 Å². The molecule has 208 valence electrons. The second-order valence-corrected chi connectivity index (χ2v) is 13.4. The second-order valence-electron chi connectivity index (χ2n) is 10.3. The van der Waals surface area contributed by atoms with E-state index in [2.05, 4.69) is 21.2 Å². The monoisotopic (exact) mass is 633 g/mol. The van der Waals surface area contributed by atoms with Gasteiger partial charge in [-0.05, 0) is 66.0 Å². The second kappa shape index (κ2) is 13.0. The normalized spacial score (nSPS) is 12.5. The topological polar surface area (TPSA) is 86.8 Å². The summed E-state index contributed by atoms with van der Waals surface area (Å²) < 4.78 is 27.3. The molecule has 0 aliphatic carbocycles. The van der Waals surface area contributed by atoms with E-state index < -0.39 is 34.1 Å². The highest BCUT2D eigenvalue weighted by Crippen LogP contribution is 2.28. The molecule has 0 saturated carbocycles. The molecule has 1 atom stereocenters. The van der Waals surface area contributed by atoms with E-state index in [0.29, 0.717) is 20.7 Å². The fourth-order valence-corrected chi connectivity index (χ4v) is 5.74. The lowest BCUT2D eigenvalue weighted by Crippen LogP contribution is -2.56. The van der Waals surface area contributed by atoms with E-state index in [0.717, 1.165) is 16.1 Å². The summed E-state index contributed by atoms with van der Waals surface area (Å²) >= 11 is 9.86. The highest BCUT2D eigenvalue weighted by molar-refractivity contribution is 9.10. The van der Waals surface area contributed by atoms with Crippen molar-refractivity contribution >= 4 is 55.1 Å². The predicted molar refractivity (Wildman–Crippen MR) is 160 cm³/mol. The molecule has 0 heterocycles. The molecule has 0 saturated heterocycles. The Bertz CT molecular complexity index is 1410. The Morgan fingerprint density at radius 3 is 2.13 bits per heavy atom. The van der Waals surface area contributed by atoms with Gasteiger partial charge < -0.3 is 10.2 Å². The average molecular weight is 635 g/mol. The van der Waals surface area contributed by atoms with Crippen LogP contribution in [0.5, 0.6) is 0 Å². The highest BCUT2D eigenvalue weighted by atomic mass is 79.9. The minimum absolute atomic E-state index is 0.0150. The average Bonchev–Trinajstić information content (AvgIpc) is 2.85. The lowest BCUT2D eigenvalue weighted by atomic mass is 10.0. The molecule has 0 aromatic heterocycles. The van der Waals surface area contributed by atoms with Crippen LogP contribution in [0.15, 0.2) is 83.3 Å². The number of carbonyl (C=O) groups is 2. The molecule has 3 aromatic rings. The minimum atomic E-state index is -3.85. The van der Waals surface area contributed by atoms with Crippen LogP contribution in [0, 0.1) is 0 Å². The van der Waals surface area contributed by atoms with Gasteiger partial charge in [0.1, 0.15) is 12.6 Å². The third-order valence-corrected chi connectivity index (χ3v) is 8.03. The van der Waals surface area contributed by atoms with Gasteiger partial charge in [0.2, 0.25) is 21.8 Å². The number of sulfonamides is 1. The molecular weight excluding hydrogens is 602 g/mol. The summed E-state index contributed by atoms with van der Waals surface area (Å²) in [5, 5.41) is 3.43. The Hall–Kier alpha value is -2.88. The molecule has 1 N–H and O–H groups in total. The molecule has 0 aliphatic rings. The van der Waals surface area contributed by atoms with Gasteiger partial charge in [-0.25, -0.2) is 8.42 Å². The van der Waals surface area contributed by atoms with Crippen LogP contribution in [-0.2, 0) is 32.6 Å². The van der Waals surface area contributed by atoms with Crippen molar-refractivity contribution in [2.24, 2.45) is 0 Å². The summed E-state index contributed by atoms with van der Waals surface area (Å²) in [6.45, 7) is 5.11. The molecule has 0 radical (unpaired) electrons. The molecule has 2 amide bonds. The van der Waals surface area contributed by atoms with Crippen molar-refractivity contribution in [1.82, 2.24) is 10.2 Å². The van der Waals surface area contributed by atoms with Crippen LogP contribution in [0.25, 0.3) is 0 Å². The maximum absolute atomic E-state index is 14.1. The van der Waals surface area contributed by atoms with Gasteiger partial charge in [0.15, 0.2) is 0 Å². The minimum Gasteiger partial charge on any atom is -0.350 e. The smallest absolute Gasteiger partial charge is 0.244 e. The van der Waals surface area contributed by atoms with Crippen molar-refractivity contribution in [3.8, 4) is 0 Å². The first-order valence-corrected chi connectivity index (χ1v) is 15.4. The molecule has 3 rings (SSSR count). The molecule has 0 bridgehead atoms. The molecule has 0 fully saturated rings. The standard InChI is InChI=1S/C29H33BrClN3O4S/c1-29(2,3)32-28(36)26(18-21-12-6-5-7-13-21)33(19-22-14-8-10-16-24(22)31)27(35)20-34(39(4,37)38)25-17-11-9-15-23(25)30/h5-17,26H,18-20H2,1-4H3,(H,32,36)/t26-/m0/s1. The first kappa shape index (κ1) is 30.7. The molecule has 7 nitrogen and oxygen atoms in total. The van der Waals surface area contributed by atoms with E-state index in [-0.39, 0.29) is 18.9 Å². The number of amides is 2. The zero-order valence-corrected chi connectivity index (χ0v) is 25.6. The van der Waals surface area contributed by atoms with Crippen LogP contribution in [-0.4, -0.2) is 49.5 Å². The van der Waals surface area contributed by atoms with E-state index >= 15 is 0 Å². The zero-order chi connectivity index (χ0) is 28.8. The van der Waals surface area contributed by atoms with Crippen LogP contribution in [0.4, 0.5) is 5.69 Å². The lowest BCUT2D eigenvalue weighted by molar-refractivity contribution is -0.140. The Kier molecular flexibility index (Phi) is 10.2. The zero-order valence-electron chi connectivity index (χ0n) is 22.4. The first-order valence-electron chi connectivity index (χ1n) is 12.4. The van der Waals surface area contributed by atoms with Gasteiger partial charge in [-0.15, -0.1) is 0 Å². The van der Waals surface area contributed by atoms with Crippen molar-refractivity contribution in [2.75, 3.05) is 17.1 Å². The summed E-state index contributed by atoms with van der Waals surface area (Å²) in [5.74, 6) is -0.889. The van der Waals surface area contributed by atoms with Crippen LogP contribution in [0.2, 0.25) is 5.02 Å². The number of nitrogens with zero attached hydrogens (tertiary/aromatic N) is 2. The van der Waals surface area contributed by atoms with E-state index in [1.165, 1.54) is 4.90 Å². The number of anilines is 1. The molecule has 0 spiro atoms. The first-order chi connectivity index (χ1) is 18.3. The highest BCUT2D eigenvalue weighted by Gasteiger charge is 2.34. The van der Waals surface area contributed by atoms with Crippen LogP contribution in [0.1, 0.15) is 31.9 Å². The van der Waals surface area contributed by atoms with Crippen molar-refractivity contribution < 1.29 is 18.0 Å². The Balaban J connectivity index is 2.10. The number of nitrogens with one attached hydrogen (secondary N) is 1. The number of halogens is 2. The molecule has 0 aliphatic heterocycles. The van der Waals surface area contributed by atoms with Gasteiger partial charge in [0.25, 0.3) is 0 Å². The van der Waals surface area contributed by atoms with Gasteiger partial charge in [-0.1, -0.05) is 72.3 Å². The van der Waals surface area contributed by atoms with E-state index in [4.69, 9.17) is 11.6 Å². The van der Waals surface area contributed by atoms with Gasteiger partial charge >= 0.3 is 0 Å². The number of hydrogen-bond acceptors (Lipinski definition) is 4. The molecule has 10 heteroatoms. The fourth-order valence-electron chi connectivity index (χ4n) is 4.07. The van der Waals surface area contributed by atoms with Gasteiger partial charge in [0, 0.05) is 28.0 Å². The van der Waals surface area contributed by atoms with Gasteiger partial charge in [-0.3, -0.25) is 13.9 Å². The number of para-hydroxylation sites is 1. The molecule has 3 aromatic carbocycles.